The van der Waals surface area contributed by atoms with Crippen LogP contribution in [0.25, 0.3) is 10.9 Å². The van der Waals surface area contributed by atoms with Gasteiger partial charge in [0.2, 0.25) is 0 Å². The van der Waals surface area contributed by atoms with Crippen LogP contribution in [0.3, 0.4) is 0 Å². The van der Waals surface area contributed by atoms with Gasteiger partial charge >= 0.3 is 6.18 Å². The Hall–Kier alpha value is -1.27. The van der Waals surface area contributed by atoms with Crippen LogP contribution in [-0.2, 0) is 6.18 Å². The van der Waals surface area contributed by atoms with Gasteiger partial charge in [-0.05, 0) is 19.9 Å². The highest BCUT2D eigenvalue weighted by atomic mass is 35.5. The van der Waals surface area contributed by atoms with Crippen molar-refractivity contribution in [2.45, 2.75) is 20.0 Å². The molecule has 21 heavy (non-hydrogen) atoms. The van der Waals surface area contributed by atoms with Crippen molar-refractivity contribution in [2.24, 2.45) is 0 Å². The van der Waals surface area contributed by atoms with Gasteiger partial charge in [-0.25, -0.2) is 9.37 Å². The van der Waals surface area contributed by atoms with E-state index in [1.54, 1.807) is 6.92 Å². The first-order valence-corrected chi connectivity index (χ1v) is 6.73. The Kier molecular flexibility index (Phi) is 4.22. The molecule has 0 bridgehead atoms. The lowest BCUT2D eigenvalue weighted by Crippen LogP contribution is -2.14. The molecular formula is C13H10Cl2F4N2. The second-order valence-electron chi connectivity index (χ2n) is 4.37. The Morgan fingerprint density at radius 1 is 1.29 bits per heavy atom. The molecule has 8 heteroatoms. The summed E-state index contributed by atoms with van der Waals surface area (Å²) >= 11 is 11.5. The molecule has 1 heterocycles. The lowest BCUT2D eigenvalue weighted by atomic mass is 10.1. The summed E-state index contributed by atoms with van der Waals surface area (Å²) in [6.07, 6.45) is -4.63. The number of hydrogen-bond donors (Lipinski definition) is 1. The van der Waals surface area contributed by atoms with Gasteiger partial charge < -0.3 is 5.32 Å². The Bertz CT molecular complexity index is 714. The SMILES string of the molecule is CCNc1c(C)c(C(F)(F)F)nc2cc(Cl)c(F)c(Cl)c12. The number of pyridine rings is 1. The number of halogens is 6. The van der Waals surface area contributed by atoms with Crippen molar-refractivity contribution in [1.29, 1.82) is 0 Å². The Balaban J connectivity index is 2.97. The largest absolute Gasteiger partial charge is 0.433 e. The molecule has 0 atom stereocenters. The summed E-state index contributed by atoms with van der Waals surface area (Å²) in [5.74, 6) is -0.883. The first kappa shape index (κ1) is 16.1. The maximum absolute atomic E-state index is 13.8. The molecule has 1 N–H and O–H groups in total. The molecule has 0 aliphatic heterocycles. The van der Waals surface area contributed by atoms with E-state index in [9.17, 15) is 17.6 Å². The van der Waals surface area contributed by atoms with Crippen LogP contribution >= 0.6 is 23.2 Å². The number of benzene rings is 1. The molecule has 0 radical (unpaired) electrons. The molecule has 0 spiro atoms. The lowest BCUT2D eigenvalue weighted by molar-refractivity contribution is -0.141. The molecule has 0 amide bonds. The van der Waals surface area contributed by atoms with E-state index in [0.717, 1.165) is 6.07 Å². The molecule has 0 aliphatic carbocycles. The number of nitrogens with zero attached hydrogens (tertiary/aromatic N) is 1. The predicted octanol–water partition coefficient (Wildman–Crippen LogP) is 5.44. The van der Waals surface area contributed by atoms with Gasteiger partial charge in [0, 0.05) is 17.5 Å². The number of alkyl halides is 3. The van der Waals surface area contributed by atoms with E-state index in [-0.39, 0.29) is 32.2 Å². The van der Waals surface area contributed by atoms with Gasteiger partial charge in [0.15, 0.2) is 5.82 Å². The van der Waals surface area contributed by atoms with Crippen molar-refractivity contribution in [2.75, 3.05) is 11.9 Å². The molecular weight excluding hydrogens is 331 g/mol. The number of nitrogens with one attached hydrogen (secondary N) is 1. The molecule has 1 aromatic heterocycles. The topological polar surface area (TPSA) is 24.9 Å². The number of rotatable bonds is 2. The molecule has 0 unspecified atom stereocenters. The third-order valence-corrected chi connectivity index (χ3v) is 3.61. The molecule has 0 aliphatic rings. The van der Waals surface area contributed by atoms with Crippen molar-refractivity contribution in [3.05, 3.63) is 33.2 Å². The summed E-state index contributed by atoms with van der Waals surface area (Å²) in [6.45, 7) is 3.31. The van der Waals surface area contributed by atoms with Gasteiger partial charge in [-0.1, -0.05) is 23.2 Å². The molecule has 2 nitrogen and oxygen atoms in total. The summed E-state index contributed by atoms with van der Waals surface area (Å²) in [5.41, 5.74) is -1.19. The summed E-state index contributed by atoms with van der Waals surface area (Å²) in [4.78, 5) is 3.55. The average Bonchev–Trinajstić information content (AvgIpc) is 2.38. The standard InChI is InChI=1S/C13H10Cl2F4N2/c1-3-20-11-5(2)12(13(17,18)19)21-7-4-6(14)10(16)9(15)8(7)11/h4H,3H2,1-2H3,(H,20,21). The van der Waals surface area contributed by atoms with Gasteiger partial charge in [0.1, 0.15) is 5.69 Å². The van der Waals surface area contributed by atoms with E-state index in [0.29, 0.717) is 6.54 Å². The summed E-state index contributed by atoms with van der Waals surface area (Å²) in [6, 6.07) is 1.04. The molecule has 0 saturated carbocycles. The third-order valence-electron chi connectivity index (χ3n) is 2.98. The van der Waals surface area contributed by atoms with Crippen LogP contribution in [-0.4, -0.2) is 11.5 Å². The first-order valence-electron chi connectivity index (χ1n) is 5.97. The quantitative estimate of drug-likeness (QED) is 0.581. The number of aromatic nitrogens is 1. The van der Waals surface area contributed by atoms with Crippen LogP contribution in [0.5, 0.6) is 0 Å². The van der Waals surface area contributed by atoms with E-state index in [2.05, 4.69) is 10.3 Å². The molecule has 2 aromatic rings. The molecule has 2 rings (SSSR count). The second kappa shape index (κ2) is 5.50. The van der Waals surface area contributed by atoms with Crippen molar-refractivity contribution >= 4 is 39.8 Å². The van der Waals surface area contributed by atoms with Crippen molar-refractivity contribution in [3.8, 4) is 0 Å². The minimum absolute atomic E-state index is 0.0888. The Morgan fingerprint density at radius 2 is 1.90 bits per heavy atom. The van der Waals surface area contributed by atoms with Crippen LogP contribution in [0.4, 0.5) is 23.2 Å². The van der Waals surface area contributed by atoms with Crippen LogP contribution < -0.4 is 5.32 Å². The van der Waals surface area contributed by atoms with E-state index in [1.807, 2.05) is 0 Å². The van der Waals surface area contributed by atoms with E-state index in [4.69, 9.17) is 23.2 Å². The highest BCUT2D eigenvalue weighted by molar-refractivity contribution is 6.39. The fraction of sp³-hybridized carbons (Fsp3) is 0.308. The first-order chi connectivity index (χ1) is 9.68. The van der Waals surface area contributed by atoms with Crippen molar-refractivity contribution in [3.63, 3.8) is 0 Å². The lowest BCUT2D eigenvalue weighted by Gasteiger charge is -2.18. The van der Waals surface area contributed by atoms with Crippen LogP contribution in [0.2, 0.25) is 10.0 Å². The summed E-state index contributed by atoms with van der Waals surface area (Å²) in [7, 11) is 0. The van der Waals surface area contributed by atoms with Crippen LogP contribution in [0.15, 0.2) is 6.07 Å². The highest BCUT2D eigenvalue weighted by Gasteiger charge is 2.36. The monoisotopic (exact) mass is 340 g/mol. The van der Waals surface area contributed by atoms with Gasteiger partial charge in [0.25, 0.3) is 0 Å². The van der Waals surface area contributed by atoms with Gasteiger partial charge in [-0.2, -0.15) is 13.2 Å². The van der Waals surface area contributed by atoms with Crippen molar-refractivity contribution in [1.82, 2.24) is 4.98 Å². The minimum atomic E-state index is -4.63. The maximum Gasteiger partial charge on any atom is 0.433 e. The number of hydrogen-bond acceptors (Lipinski definition) is 2. The fourth-order valence-electron chi connectivity index (χ4n) is 2.09. The average molecular weight is 341 g/mol. The zero-order valence-electron chi connectivity index (χ0n) is 11.0. The second-order valence-corrected chi connectivity index (χ2v) is 5.15. The molecule has 114 valence electrons. The summed E-state index contributed by atoms with van der Waals surface area (Å²) < 4.78 is 52.9. The Morgan fingerprint density at radius 3 is 2.43 bits per heavy atom. The zero-order valence-corrected chi connectivity index (χ0v) is 12.5. The smallest absolute Gasteiger partial charge is 0.384 e. The highest BCUT2D eigenvalue weighted by Crippen LogP contribution is 2.41. The minimum Gasteiger partial charge on any atom is -0.384 e. The van der Waals surface area contributed by atoms with E-state index >= 15 is 0 Å². The molecule has 0 saturated heterocycles. The number of fused-ring (bicyclic) bond motifs is 1. The van der Waals surface area contributed by atoms with Gasteiger partial charge in [-0.15, -0.1) is 0 Å². The summed E-state index contributed by atoms with van der Waals surface area (Å²) in [5, 5.41) is 2.15. The van der Waals surface area contributed by atoms with E-state index in [1.165, 1.54) is 6.92 Å². The normalized spacial score (nSPS) is 12.0. The predicted molar refractivity (Wildman–Crippen MR) is 75.6 cm³/mol. The molecule has 0 fully saturated rings. The van der Waals surface area contributed by atoms with Gasteiger partial charge in [-0.3, -0.25) is 0 Å². The van der Waals surface area contributed by atoms with E-state index < -0.39 is 17.7 Å². The number of anilines is 1. The fourth-order valence-corrected chi connectivity index (χ4v) is 2.63. The zero-order chi connectivity index (χ0) is 15.9. The maximum atomic E-state index is 13.8. The van der Waals surface area contributed by atoms with Gasteiger partial charge in [0.05, 0.1) is 21.2 Å². The molecule has 1 aromatic carbocycles. The Labute approximate surface area is 128 Å². The van der Waals surface area contributed by atoms with Crippen LogP contribution in [0, 0.1) is 12.7 Å². The van der Waals surface area contributed by atoms with Crippen molar-refractivity contribution < 1.29 is 17.6 Å². The third kappa shape index (κ3) is 2.74. The van der Waals surface area contributed by atoms with Crippen LogP contribution in [0.1, 0.15) is 18.2 Å².